The van der Waals surface area contributed by atoms with Crippen molar-refractivity contribution in [3.63, 3.8) is 0 Å². The number of hydrogen-bond donors (Lipinski definition) is 3. The van der Waals surface area contributed by atoms with Crippen LogP contribution >= 0.6 is 0 Å². The minimum atomic E-state index is -0.383. The van der Waals surface area contributed by atoms with Gasteiger partial charge in [0.1, 0.15) is 11.6 Å². The molecule has 0 aliphatic carbocycles. The molecule has 1 aromatic carbocycles. The molecule has 2 saturated heterocycles. The third-order valence-electron chi connectivity index (χ3n) is 6.62. The van der Waals surface area contributed by atoms with Crippen LogP contribution in [0.4, 0.5) is 4.39 Å². The summed E-state index contributed by atoms with van der Waals surface area (Å²) in [6.45, 7) is 8.13. The molecule has 3 aliphatic rings. The van der Waals surface area contributed by atoms with E-state index < -0.39 is 0 Å². The van der Waals surface area contributed by atoms with Crippen molar-refractivity contribution in [3.8, 4) is 5.75 Å². The first-order chi connectivity index (χ1) is 16.4. The fourth-order valence-corrected chi connectivity index (χ4v) is 4.68. The van der Waals surface area contributed by atoms with Gasteiger partial charge >= 0.3 is 0 Å². The fraction of sp³-hybridized carbons (Fsp3) is 0.385. The summed E-state index contributed by atoms with van der Waals surface area (Å²) in [7, 11) is 0. The van der Waals surface area contributed by atoms with Gasteiger partial charge in [0.05, 0.1) is 37.0 Å². The van der Waals surface area contributed by atoms with Crippen LogP contribution in [0.1, 0.15) is 44.4 Å². The molecular formula is C26H30FN5O2. The summed E-state index contributed by atoms with van der Waals surface area (Å²) in [5, 5.41) is 16.9. The number of hydrogen-bond acceptors (Lipinski definition) is 7. The van der Waals surface area contributed by atoms with Crippen LogP contribution in [-0.2, 0) is 4.74 Å². The zero-order chi connectivity index (χ0) is 23.8. The van der Waals surface area contributed by atoms with E-state index >= 15 is 0 Å². The molecule has 0 spiro atoms. The summed E-state index contributed by atoms with van der Waals surface area (Å²) in [4.78, 5) is 11.4. The van der Waals surface area contributed by atoms with Crippen molar-refractivity contribution in [2.45, 2.75) is 39.3 Å². The van der Waals surface area contributed by atoms with Gasteiger partial charge in [0.25, 0.3) is 0 Å². The third kappa shape index (κ3) is 4.25. The van der Waals surface area contributed by atoms with Gasteiger partial charge < -0.3 is 25.4 Å². The monoisotopic (exact) mass is 463 g/mol. The number of allylic oxidation sites excluding steroid dienone is 1. The summed E-state index contributed by atoms with van der Waals surface area (Å²) in [5.74, 6) is 0.755. The quantitative estimate of drug-likeness (QED) is 0.640. The average Bonchev–Trinajstić information content (AvgIpc) is 3.19. The number of halogens is 1. The summed E-state index contributed by atoms with van der Waals surface area (Å²) < 4.78 is 20.5. The van der Waals surface area contributed by atoms with E-state index in [2.05, 4.69) is 41.3 Å². The molecule has 2 aromatic rings. The molecule has 3 aliphatic heterocycles. The molecule has 2 unspecified atom stereocenters. The Morgan fingerprint density at radius 2 is 1.97 bits per heavy atom. The molecule has 3 N–H and O–H groups in total. The van der Waals surface area contributed by atoms with E-state index in [4.69, 9.17) is 9.73 Å². The number of pyridine rings is 1. The number of aromatic nitrogens is 1. The Hall–Kier alpha value is -3.39. The lowest BCUT2D eigenvalue weighted by molar-refractivity contribution is 0.0415. The third-order valence-corrected chi connectivity index (χ3v) is 6.62. The highest BCUT2D eigenvalue weighted by molar-refractivity contribution is 6.04. The van der Waals surface area contributed by atoms with Gasteiger partial charge in [0.2, 0.25) is 0 Å². The van der Waals surface area contributed by atoms with Crippen LogP contribution in [-0.4, -0.2) is 46.7 Å². The normalized spacial score (nSPS) is 22.9. The number of fused-ring (bicyclic) bond motifs is 3. The van der Waals surface area contributed by atoms with Crippen LogP contribution in [0.3, 0.4) is 0 Å². The summed E-state index contributed by atoms with van der Waals surface area (Å²) in [6.07, 6.45) is 3.36. The molecule has 178 valence electrons. The molecular weight excluding hydrogens is 433 g/mol. The molecule has 7 nitrogen and oxygen atoms in total. The lowest BCUT2D eigenvalue weighted by atomic mass is 9.93. The molecule has 34 heavy (non-hydrogen) atoms. The molecule has 0 amide bonds. The first-order valence-corrected chi connectivity index (χ1v) is 11.7. The van der Waals surface area contributed by atoms with Crippen molar-refractivity contribution in [1.29, 1.82) is 0 Å². The number of rotatable bonds is 3. The fourth-order valence-electron chi connectivity index (χ4n) is 4.68. The van der Waals surface area contributed by atoms with E-state index in [0.29, 0.717) is 31.8 Å². The van der Waals surface area contributed by atoms with E-state index in [1.165, 1.54) is 12.3 Å². The molecule has 0 radical (unpaired) electrons. The second-order valence-electron chi connectivity index (χ2n) is 9.33. The van der Waals surface area contributed by atoms with Gasteiger partial charge in [-0.1, -0.05) is 19.1 Å². The molecule has 8 heteroatoms. The highest BCUT2D eigenvalue weighted by Gasteiger charge is 2.34. The Bertz CT molecular complexity index is 1170. The van der Waals surface area contributed by atoms with E-state index in [1.807, 2.05) is 12.1 Å². The van der Waals surface area contributed by atoms with Crippen molar-refractivity contribution in [2.24, 2.45) is 10.9 Å². The number of phenolic OH excluding ortho intramolecular Hbond substituents is 1. The summed E-state index contributed by atoms with van der Waals surface area (Å²) >= 11 is 0. The van der Waals surface area contributed by atoms with Crippen LogP contribution in [0, 0.1) is 11.7 Å². The predicted octanol–water partition coefficient (Wildman–Crippen LogP) is 3.92. The molecule has 2 atom stereocenters. The summed E-state index contributed by atoms with van der Waals surface area (Å²) in [5.41, 5.74) is 5.53. The van der Waals surface area contributed by atoms with Gasteiger partial charge in [-0.25, -0.2) is 9.38 Å². The van der Waals surface area contributed by atoms with Crippen molar-refractivity contribution < 1.29 is 14.2 Å². The Kier molecular flexibility index (Phi) is 6.00. The lowest BCUT2D eigenvalue weighted by Gasteiger charge is -2.23. The zero-order valence-corrected chi connectivity index (χ0v) is 19.7. The van der Waals surface area contributed by atoms with E-state index in [-0.39, 0.29) is 29.6 Å². The number of aromatic hydroxyl groups is 1. The SMILES string of the molecule is CC1COC(c2ccc(O)cc2)CNC2=C3NCN(C(C)C)C3=NC(c3cncc(F)c3)=C1C2. The van der Waals surface area contributed by atoms with Crippen molar-refractivity contribution in [1.82, 2.24) is 20.5 Å². The van der Waals surface area contributed by atoms with E-state index in [1.54, 1.807) is 18.3 Å². The first-order valence-electron chi connectivity index (χ1n) is 11.7. The molecule has 2 bridgehead atoms. The standard InChI is InChI=1S/C26H30FN5O2/c1-15(2)32-14-30-25-22-9-21(24(31-26(25)32)18-8-19(27)11-28-10-18)16(3)13-34-23(12-29-22)17-4-6-20(33)7-5-17/h4-8,10-11,15-16,23,29-30,33H,9,12-14H2,1-3H3. The van der Waals surface area contributed by atoms with Crippen LogP contribution in [0.2, 0.25) is 0 Å². The maximum Gasteiger partial charge on any atom is 0.156 e. The van der Waals surface area contributed by atoms with E-state index in [0.717, 1.165) is 34.1 Å². The number of phenols is 1. The van der Waals surface area contributed by atoms with Gasteiger partial charge in [-0.15, -0.1) is 0 Å². The highest BCUT2D eigenvalue weighted by Crippen LogP contribution is 2.37. The molecule has 5 rings (SSSR count). The van der Waals surface area contributed by atoms with Crippen LogP contribution < -0.4 is 10.6 Å². The number of benzene rings is 1. The second-order valence-corrected chi connectivity index (χ2v) is 9.33. The zero-order valence-electron chi connectivity index (χ0n) is 19.7. The minimum absolute atomic E-state index is 0.0454. The topological polar surface area (TPSA) is 82.0 Å². The Labute approximate surface area is 199 Å². The number of amidine groups is 1. The number of ether oxygens (including phenoxy) is 1. The Balaban J connectivity index is 1.62. The second kappa shape index (κ2) is 9.10. The molecule has 4 heterocycles. The Morgan fingerprint density at radius 1 is 1.18 bits per heavy atom. The van der Waals surface area contributed by atoms with Crippen molar-refractivity contribution >= 4 is 11.5 Å². The van der Waals surface area contributed by atoms with Crippen molar-refractivity contribution in [3.05, 3.63) is 76.6 Å². The molecule has 0 saturated carbocycles. The van der Waals surface area contributed by atoms with Gasteiger partial charge in [0.15, 0.2) is 5.84 Å². The number of nitrogens with zero attached hydrogens (tertiary/aromatic N) is 3. The minimum Gasteiger partial charge on any atom is -0.508 e. The smallest absolute Gasteiger partial charge is 0.156 e. The van der Waals surface area contributed by atoms with Gasteiger partial charge in [-0.3, -0.25) is 4.98 Å². The molecule has 2 fully saturated rings. The van der Waals surface area contributed by atoms with Gasteiger partial charge in [-0.2, -0.15) is 0 Å². The predicted molar refractivity (Wildman–Crippen MR) is 129 cm³/mol. The average molecular weight is 464 g/mol. The lowest BCUT2D eigenvalue weighted by Crippen LogP contribution is -2.33. The maximum atomic E-state index is 14.2. The van der Waals surface area contributed by atoms with Crippen molar-refractivity contribution in [2.75, 3.05) is 19.8 Å². The largest absolute Gasteiger partial charge is 0.508 e. The Morgan fingerprint density at radius 3 is 2.71 bits per heavy atom. The van der Waals surface area contributed by atoms with Crippen LogP contribution in [0.25, 0.3) is 5.70 Å². The summed E-state index contributed by atoms with van der Waals surface area (Å²) in [6, 6.07) is 8.90. The molecule has 1 aromatic heterocycles. The number of nitrogens with one attached hydrogen (secondary N) is 2. The van der Waals surface area contributed by atoms with Crippen LogP contribution in [0.15, 0.2) is 64.7 Å². The van der Waals surface area contributed by atoms with Gasteiger partial charge in [-0.05, 0) is 43.2 Å². The number of aliphatic imine (C=N–C) groups is 1. The van der Waals surface area contributed by atoms with Gasteiger partial charge in [0, 0.05) is 42.4 Å². The maximum absolute atomic E-state index is 14.2. The first kappa shape index (κ1) is 22.4. The van der Waals surface area contributed by atoms with Crippen LogP contribution in [0.5, 0.6) is 5.75 Å². The van der Waals surface area contributed by atoms with E-state index in [9.17, 15) is 9.50 Å². The highest BCUT2D eigenvalue weighted by atomic mass is 19.1.